The zero-order chi connectivity index (χ0) is 11.6. The maximum absolute atomic E-state index is 11.5. The van der Waals surface area contributed by atoms with Crippen LogP contribution in [0.2, 0.25) is 0 Å². The molecule has 0 aliphatic carbocycles. The number of carboxylic acids is 1. The van der Waals surface area contributed by atoms with Gasteiger partial charge in [0.15, 0.2) is 0 Å². The van der Waals surface area contributed by atoms with Crippen LogP contribution in [0.15, 0.2) is 11.0 Å². The average molecular weight is 210 g/mol. The van der Waals surface area contributed by atoms with Gasteiger partial charge in [0.2, 0.25) is 0 Å². The lowest BCUT2D eigenvalue weighted by Crippen LogP contribution is -2.21. The zero-order valence-corrected chi connectivity index (χ0v) is 8.94. The standard InChI is InChI=1S/C10H14N2O3/c1-5(2)7-4-11-8(12-9(7)13)6(3)10(14)15/h4-6H,1-3H3,(H,14,15)(H,11,12,13). The topological polar surface area (TPSA) is 83.0 Å². The first kappa shape index (κ1) is 11.4. The molecular weight excluding hydrogens is 196 g/mol. The quantitative estimate of drug-likeness (QED) is 0.782. The SMILES string of the molecule is CC(C)c1cnc(C(C)C(=O)O)[nH]c1=O. The second-order valence-electron chi connectivity index (χ2n) is 3.77. The maximum Gasteiger partial charge on any atom is 0.313 e. The molecule has 15 heavy (non-hydrogen) atoms. The third kappa shape index (κ3) is 2.43. The average Bonchev–Trinajstić information content (AvgIpc) is 2.15. The van der Waals surface area contributed by atoms with E-state index in [0.717, 1.165) is 0 Å². The number of rotatable bonds is 3. The largest absolute Gasteiger partial charge is 0.481 e. The molecule has 0 radical (unpaired) electrons. The third-order valence-electron chi connectivity index (χ3n) is 2.25. The third-order valence-corrected chi connectivity index (χ3v) is 2.25. The van der Waals surface area contributed by atoms with Gasteiger partial charge >= 0.3 is 5.97 Å². The molecule has 1 heterocycles. The van der Waals surface area contributed by atoms with Crippen LogP contribution in [0.3, 0.4) is 0 Å². The number of aromatic nitrogens is 2. The van der Waals surface area contributed by atoms with Crippen LogP contribution in [-0.4, -0.2) is 21.0 Å². The summed E-state index contributed by atoms with van der Waals surface area (Å²) in [4.78, 5) is 28.6. The molecule has 0 bridgehead atoms. The summed E-state index contributed by atoms with van der Waals surface area (Å²) in [6.07, 6.45) is 1.44. The highest BCUT2D eigenvalue weighted by Crippen LogP contribution is 2.11. The Labute approximate surface area is 87.2 Å². The molecule has 1 aromatic rings. The van der Waals surface area contributed by atoms with Crippen molar-refractivity contribution < 1.29 is 9.90 Å². The Morgan fingerprint density at radius 1 is 1.47 bits per heavy atom. The summed E-state index contributed by atoms with van der Waals surface area (Å²) in [7, 11) is 0. The predicted molar refractivity (Wildman–Crippen MR) is 55.0 cm³/mol. The Kier molecular flexibility index (Phi) is 3.24. The second kappa shape index (κ2) is 4.25. The predicted octanol–water partition coefficient (Wildman–Crippen LogP) is 1.08. The van der Waals surface area contributed by atoms with Crippen molar-refractivity contribution in [2.75, 3.05) is 0 Å². The summed E-state index contributed by atoms with van der Waals surface area (Å²) < 4.78 is 0. The van der Waals surface area contributed by atoms with Crippen LogP contribution in [0.25, 0.3) is 0 Å². The highest BCUT2D eigenvalue weighted by molar-refractivity contribution is 5.74. The first-order valence-electron chi connectivity index (χ1n) is 4.75. The molecule has 0 fully saturated rings. The normalized spacial score (nSPS) is 12.8. The Morgan fingerprint density at radius 2 is 2.07 bits per heavy atom. The summed E-state index contributed by atoms with van der Waals surface area (Å²) in [5, 5.41) is 8.74. The van der Waals surface area contributed by atoms with Crippen LogP contribution >= 0.6 is 0 Å². The number of nitrogens with zero attached hydrogens (tertiary/aromatic N) is 1. The minimum absolute atomic E-state index is 0.0791. The van der Waals surface area contributed by atoms with E-state index < -0.39 is 11.9 Å². The molecule has 82 valence electrons. The molecular formula is C10H14N2O3. The van der Waals surface area contributed by atoms with Crippen molar-refractivity contribution in [3.63, 3.8) is 0 Å². The van der Waals surface area contributed by atoms with Gasteiger partial charge in [-0.2, -0.15) is 0 Å². The fraction of sp³-hybridized carbons (Fsp3) is 0.500. The van der Waals surface area contributed by atoms with Crippen LogP contribution < -0.4 is 5.56 Å². The Balaban J connectivity index is 3.12. The molecule has 0 amide bonds. The van der Waals surface area contributed by atoms with Gasteiger partial charge in [-0.1, -0.05) is 13.8 Å². The Bertz CT molecular complexity index is 423. The molecule has 1 unspecified atom stereocenters. The summed E-state index contributed by atoms with van der Waals surface area (Å²) in [5.74, 6) is -1.53. The van der Waals surface area contributed by atoms with Crippen molar-refractivity contribution in [2.45, 2.75) is 32.6 Å². The zero-order valence-electron chi connectivity index (χ0n) is 8.94. The monoisotopic (exact) mass is 210 g/mol. The minimum Gasteiger partial charge on any atom is -0.481 e. The smallest absolute Gasteiger partial charge is 0.313 e. The van der Waals surface area contributed by atoms with E-state index >= 15 is 0 Å². The fourth-order valence-electron chi connectivity index (χ4n) is 1.17. The number of hydrogen-bond acceptors (Lipinski definition) is 3. The first-order valence-corrected chi connectivity index (χ1v) is 4.75. The molecule has 0 aliphatic heterocycles. The Hall–Kier alpha value is -1.65. The van der Waals surface area contributed by atoms with Crippen LogP contribution in [0.5, 0.6) is 0 Å². The van der Waals surface area contributed by atoms with Crippen molar-refractivity contribution in [2.24, 2.45) is 0 Å². The second-order valence-corrected chi connectivity index (χ2v) is 3.77. The number of aliphatic carboxylic acids is 1. The van der Waals surface area contributed by atoms with Gasteiger partial charge in [0, 0.05) is 11.8 Å². The van der Waals surface area contributed by atoms with Gasteiger partial charge in [-0.05, 0) is 12.8 Å². The van der Waals surface area contributed by atoms with Gasteiger partial charge in [0.25, 0.3) is 5.56 Å². The molecule has 0 aromatic carbocycles. The van der Waals surface area contributed by atoms with E-state index in [1.165, 1.54) is 13.1 Å². The highest BCUT2D eigenvalue weighted by atomic mass is 16.4. The van der Waals surface area contributed by atoms with Crippen molar-refractivity contribution >= 4 is 5.97 Å². The van der Waals surface area contributed by atoms with Gasteiger partial charge in [-0.3, -0.25) is 9.59 Å². The van der Waals surface area contributed by atoms with Crippen LogP contribution in [0.1, 0.15) is 44.0 Å². The number of carbonyl (C=O) groups is 1. The van der Waals surface area contributed by atoms with Crippen LogP contribution in [0, 0.1) is 0 Å². The first-order chi connectivity index (χ1) is 6.93. The van der Waals surface area contributed by atoms with Gasteiger partial charge in [0.1, 0.15) is 11.7 Å². The molecule has 5 heteroatoms. The molecule has 5 nitrogen and oxygen atoms in total. The van der Waals surface area contributed by atoms with Gasteiger partial charge in [-0.25, -0.2) is 4.98 Å². The molecule has 1 aromatic heterocycles. The van der Waals surface area contributed by atoms with E-state index in [1.54, 1.807) is 0 Å². The van der Waals surface area contributed by atoms with Crippen molar-refractivity contribution in [3.05, 3.63) is 27.9 Å². The number of nitrogens with one attached hydrogen (secondary N) is 1. The maximum atomic E-state index is 11.5. The number of hydrogen-bond donors (Lipinski definition) is 2. The van der Waals surface area contributed by atoms with E-state index in [2.05, 4.69) is 9.97 Å². The molecule has 0 saturated carbocycles. The van der Waals surface area contributed by atoms with Crippen molar-refractivity contribution in [3.8, 4) is 0 Å². The van der Waals surface area contributed by atoms with Gasteiger partial charge < -0.3 is 10.1 Å². The van der Waals surface area contributed by atoms with E-state index in [0.29, 0.717) is 5.56 Å². The lowest BCUT2D eigenvalue weighted by Gasteiger charge is -2.07. The van der Waals surface area contributed by atoms with E-state index in [1.807, 2.05) is 13.8 Å². The minimum atomic E-state index is -1.00. The van der Waals surface area contributed by atoms with E-state index in [-0.39, 0.29) is 17.3 Å². The van der Waals surface area contributed by atoms with Crippen molar-refractivity contribution in [1.82, 2.24) is 9.97 Å². The number of H-pyrrole nitrogens is 1. The fourth-order valence-corrected chi connectivity index (χ4v) is 1.17. The molecule has 1 atom stereocenters. The Morgan fingerprint density at radius 3 is 2.47 bits per heavy atom. The van der Waals surface area contributed by atoms with Crippen LogP contribution in [0.4, 0.5) is 0 Å². The summed E-state index contributed by atoms with van der Waals surface area (Å²) in [5.41, 5.74) is 0.305. The summed E-state index contributed by atoms with van der Waals surface area (Å²) >= 11 is 0. The van der Waals surface area contributed by atoms with Crippen molar-refractivity contribution in [1.29, 1.82) is 0 Å². The lowest BCUT2D eigenvalue weighted by molar-refractivity contribution is -0.138. The highest BCUT2D eigenvalue weighted by Gasteiger charge is 2.17. The lowest BCUT2D eigenvalue weighted by atomic mass is 10.1. The number of aromatic amines is 1. The van der Waals surface area contributed by atoms with E-state index in [9.17, 15) is 9.59 Å². The molecule has 0 saturated heterocycles. The number of carboxylic acid groups (broad SMARTS) is 1. The summed E-state index contributed by atoms with van der Waals surface area (Å²) in [6.45, 7) is 5.24. The van der Waals surface area contributed by atoms with E-state index in [4.69, 9.17) is 5.11 Å². The van der Waals surface area contributed by atoms with Gasteiger partial charge in [-0.15, -0.1) is 0 Å². The molecule has 1 rings (SSSR count). The molecule has 2 N–H and O–H groups in total. The van der Waals surface area contributed by atoms with Crippen LogP contribution in [-0.2, 0) is 4.79 Å². The molecule has 0 spiro atoms. The summed E-state index contributed by atoms with van der Waals surface area (Å²) in [6, 6.07) is 0. The molecule has 0 aliphatic rings. The van der Waals surface area contributed by atoms with Gasteiger partial charge in [0.05, 0.1) is 0 Å².